The van der Waals surface area contributed by atoms with E-state index >= 15 is 0 Å². The second kappa shape index (κ2) is 8.65. The second-order valence-electron chi connectivity index (χ2n) is 7.12. The van der Waals surface area contributed by atoms with Crippen LogP contribution in [-0.4, -0.2) is 29.7 Å². The smallest absolute Gasteiger partial charge is 0.262 e. The molecule has 1 amide bonds. The maximum atomic E-state index is 13.0. The average Bonchev–Trinajstić information content (AvgIpc) is 3.13. The van der Waals surface area contributed by atoms with Gasteiger partial charge in [-0.1, -0.05) is 11.6 Å². The molecule has 7 nitrogen and oxygen atoms in total. The Labute approximate surface area is 182 Å². The van der Waals surface area contributed by atoms with Crippen LogP contribution in [0.25, 0.3) is 10.2 Å². The van der Waals surface area contributed by atoms with Crippen LogP contribution < -0.4 is 20.3 Å². The Morgan fingerprint density at radius 3 is 2.77 bits per heavy atom. The highest BCUT2D eigenvalue weighted by Gasteiger charge is 2.20. The Balaban J connectivity index is 1.51. The maximum absolute atomic E-state index is 13.0. The summed E-state index contributed by atoms with van der Waals surface area (Å²) in [5.74, 6) is 0.609. The lowest BCUT2D eigenvalue weighted by Crippen LogP contribution is -2.24. The summed E-state index contributed by atoms with van der Waals surface area (Å²) in [4.78, 5) is 32.1. The molecule has 0 radical (unpaired) electrons. The van der Waals surface area contributed by atoms with E-state index in [1.165, 1.54) is 30.0 Å². The minimum Gasteiger partial charge on any atom is -0.495 e. The van der Waals surface area contributed by atoms with Crippen molar-refractivity contribution in [3.05, 3.63) is 44.3 Å². The van der Waals surface area contributed by atoms with Crippen LogP contribution in [0.2, 0.25) is 5.02 Å². The Kier molecular flexibility index (Phi) is 5.97. The van der Waals surface area contributed by atoms with Gasteiger partial charge in [0.25, 0.3) is 5.56 Å². The number of aryl methyl sites for hydroxylation is 3. The molecule has 0 saturated heterocycles. The van der Waals surface area contributed by atoms with Crippen molar-refractivity contribution in [1.29, 1.82) is 0 Å². The number of thiophene rings is 1. The fourth-order valence-electron chi connectivity index (χ4n) is 3.73. The van der Waals surface area contributed by atoms with Gasteiger partial charge in [-0.3, -0.25) is 14.2 Å². The summed E-state index contributed by atoms with van der Waals surface area (Å²) in [6.07, 6.45) is 5.86. The highest BCUT2D eigenvalue weighted by molar-refractivity contribution is 7.18. The van der Waals surface area contributed by atoms with Gasteiger partial charge in [0.05, 0.1) is 36.6 Å². The molecule has 1 aliphatic rings. The summed E-state index contributed by atoms with van der Waals surface area (Å²) in [7, 11) is 2.99. The van der Waals surface area contributed by atoms with Crippen molar-refractivity contribution in [1.82, 2.24) is 9.55 Å². The van der Waals surface area contributed by atoms with Crippen molar-refractivity contribution < 1.29 is 14.3 Å². The number of fused-ring (bicyclic) bond motifs is 3. The standard InChI is InChI=1S/C21H22ClN3O4S/c1-28-15-10-14(16(29-2)9-13(15)22)24-18(26)7-8-25-11-23-20-19(21(25)27)12-5-3-4-6-17(12)30-20/h9-11H,3-8H2,1-2H3,(H,24,26). The zero-order valence-electron chi connectivity index (χ0n) is 16.8. The van der Waals surface area contributed by atoms with E-state index in [2.05, 4.69) is 10.3 Å². The van der Waals surface area contributed by atoms with Crippen molar-refractivity contribution in [3.63, 3.8) is 0 Å². The molecule has 1 aliphatic carbocycles. The number of halogens is 1. The number of hydrogen-bond donors (Lipinski definition) is 1. The predicted octanol–water partition coefficient (Wildman–Crippen LogP) is 4.04. The monoisotopic (exact) mass is 447 g/mol. The lowest BCUT2D eigenvalue weighted by molar-refractivity contribution is -0.116. The zero-order valence-corrected chi connectivity index (χ0v) is 18.4. The molecule has 0 bridgehead atoms. The SMILES string of the molecule is COc1cc(NC(=O)CCn2cnc3sc4c(c3c2=O)CCCC4)c(OC)cc1Cl. The lowest BCUT2D eigenvalue weighted by Gasteiger charge is -2.13. The quantitative estimate of drug-likeness (QED) is 0.616. The summed E-state index contributed by atoms with van der Waals surface area (Å²) in [6.45, 7) is 0.241. The molecular formula is C21H22ClN3O4S. The average molecular weight is 448 g/mol. The first-order valence-corrected chi connectivity index (χ1v) is 10.9. The van der Waals surface area contributed by atoms with E-state index in [0.717, 1.165) is 41.5 Å². The summed E-state index contributed by atoms with van der Waals surface area (Å²) < 4.78 is 12.0. The van der Waals surface area contributed by atoms with Gasteiger partial charge in [0.1, 0.15) is 16.3 Å². The summed E-state index contributed by atoms with van der Waals surface area (Å²) >= 11 is 7.72. The van der Waals surface area contributed by atoms with E-state index in [1.54, 1.807) is 23.5 Å². The lowest BCUT2D eigenvalue weighted by atomic mass is 9.97. The predicted molar refractivity (Wildman–Crippen MR) is 118 cm³/mol. The number of carbonyl (C=O) groups is 1. The molecule has 2 aromatic heterocycles. The van der Waals surface area contributed by atoms with Gasteiger partial charge in [-0.2, -0.15) is 0 Å². The van der Waals surface area contributed by atoms with E-state index in [9.17, 15) is 9.59 Å². The van der Waals surface area contributed by atoms with Gasteiger partial charge in [0.15, 0.2) is 0 Å². The molecule has 1 aromatic carbocycles. The molecule has 0 atom stereocenters. The molecular weight excluding hydrogens is 426 g/mol. The van der Waals surface area contributed by atoms with E-state index in [4.69, 9.17) is 21.1 Å². The normalized spacial score (nSPS) is 13.2. The van der Waals surface area contributed by atoms with Crippen LogP contribution in [0.3, 0.4) is 0 Å². The second-order valence-corrected chi connectivity index (χ2v) is 8.61. The van der Waals surface area contributed by atoms with Crippen molar-refractivity contribution in [3.8, 4) is 11.5 Å². The van der Waals surface area contributed by atoms with Gasteiger partial charge in [0, 0.05) is 30.0 Å². The van der Waals surface area contributed by atoms with E-state index < -0.39 is 0 Å². The number of hydrogen-bond acceptors (Lipinski definition) is 6. The highest BCUT2D eigenvalue weighted by Crippen LogP contribution is 2.36. The maximum Gasteiger partial charge on any atom is 0.262 e. The highest BCUT2D eigenvalue weighted by atomic mass is 35.5. The fourth-order valence-corrected chi connectivity index (χ4v) is 5.18. The first-order chi connectivity index (χ1) is 14.5. The third kappa shape index (κ3) is 3.89. The van der Waals surface area contributed by atoms with Crippen molar-refractivity contribution in [2.75, 3.05) is 19.5 Å². The fraction of sp³-hybridized carbons (Fsp3) is 0.381. The Bertz CT molecular complexity index is 1170. The molecule has 0 aliphatic heterocycles. The number of rotatable bonds is 6. The third-order valence-electron chi connectivity index (χ3n) is 5.27. The number of anilines is 1. The number of benzene rings is 1. The molecule has 30 heavy (non-hydrogen) atoms. The summed E-state index contributed by atoms with van der Waals surface area (Å²) in [5.41, 5.74) is 1.53. The molecule has 0 saturated carbocycles. The van der Waals surface area contributed by atoms with Gasteiger partial charge in [0.2, 0.25) is 5.91 Å². The number of ether oxygens (including phenoxy) is 2. The van der Waals surface area contributed by atoms with Crippen LogP contribution in [0, 0.1) is 0 Å². The van der Waals surface area contributed by atoms with Gasteiger partial charge >= 0.3 is 0 Å². The van der Waals surface area contributed by atoms with Crippen LogP contribution in [-0.2, 0) is 24.2 Å². The van der Waals surface area contributed by atoms with Gasteiger partial charge in [-0.05, 0) is 31.2 Å². The van der Waals surface area contributed by atoms with E-state index in [-0.39, 0.29) is 24.4 Å². The molecule has 0 fully saturated rings. The minimum atomic E-state index is -0.253. The molecule has 3 aromatic rings. The molecule has 1 N–H and O–H groups in total. The molecule has 0 spiro atoms. The van der Waals surface area contributed by atoms with Crippen molar-refractivity contribution >= 4 is 44.7 Å². The zero-order chi connectivity index (χ0) is 21.3. The Hall–Kier alpha value is -2.58. The Morgan fingerprint density at radius 1 is 1.23 bits per heavy atom. The van der Waals surface area contributed by atoms with Crippen LogP contribution in [0.4, 0.5) is 5.69 Å². The number of methoxy groups -OCH3 is 2. The van der Waals surface area contributed by atoms with Crippen LogP contribution in [0.15, 0.2) is 23.3 Å². The van der Waals surface area contributed by atoms with E-state index in [1.807, 2.05) is 0 Å². The number of amides is 1. The molecule has 158 valence electrons. The van der Waals surface area contributed by atoms with Crippen molar-refractivity contribution in [2.45, 2.75) is 38.6 Å². The number of nitrogens with one attached hydrogen (secondary N) is 1. The van der Waals surface area contributed by atoms with Gasteiger partial charge in [-0.15, -0.1) is 11.3 Å². The molecule has 0 unspecified atom stereocenters. The number of aromatic nitrogens is 2. The number of carbonyl (C=O) groups excluding carboxylic acids is 1. The summed E-state index contributed by atoms with van der Waals surface area (Å²) in [5, 5.41) is 3.91. The van der Waals surface area contributed by atoms with Crippen LogP contribution in [0.5, 0.6) is 11.5 Å². The van der Waals surface area contributed by atoms with Crippen LogP contribution in [0.1, 0.15) is 29.7 Å². The van der Waals surface area contributed by atoms with Crippen molar-refractivity contribution in [2.24, 2.45) is 0 Å². The topological polar surface area (TPSA) is 82.5 Å². The van der Waals surface area contributed by atoms with Crippen LogP contribution >= 0.6 is 22.9 Å². The minimum absolute atomic E-state index is 0.0713. The molecule has 4 rings (SSSR count). The Morgan fingerprint density at radius 2 is 2.00 bits per heavy atom. The first-order valence-electron chi connectivity index (χ1n) is 9.73. The van der Waals surface area contributed by atoms with E-state index in [0.29, 0.717) is 22.2 Å². The summed E-state index contributed by atoms with van der Waals surface area (Å²) in [6, 6.07) is 3.19. The molecule has 9 heteroatoms. The van der Waals surface area contributed by atoms with Gasteiger partial charge < -0.3 is 14.8 Å². The third-order valence-corrected chi connectivity index (χ3v) is 6.76. The first kappa shape index (κ1) is 20.7. The molecule has 2 heterocycles. The largest absolute Gasteiger partial charge is 0.495 e. The number of nitrogens with zero attached hydrogens (tertiary/aromatic N) is 2. The van der Waals surface area contributed by atoms with Gasteiger partial charge in [-0.25, -0.2) is 4.98 Å².